The second-order valence-electron chi connectivity index (χ2n) is 7.48. The molecule has 2 aliphatic rings. The number of nitrogens with zero attached hydrogens (tertiary/aromatic N) is 4. The molecule has 6 heteroatoms. The molecule has 0 radical (unpaired) electrons. The first-order valence-electron chi connectivity index (χ1n) is 9.61. The number of amides is 2. The lowest BCUT2D eigenvalue weighted by molar-refractivity contribution is 0.154. The van der Waals surface area contributed by atoms with Gasteiger partial charge in [-0.1, -0.05) is 19.3 Å². The maximum atomic E-state index is 12.6. The van der Waals surface area contributed by atoms with Gasteiger partial charge in [0, 0.05) is 31.9 Å². The van der Waals surface area contributed by atoms with Crippen LogP contribution in [0.5, 0.6) is 0 Å². The van der Waals surface area contributed by atoms with Crippen LogP contribution in [0.4, 0.5) is 4.79 Å². The fourth-order valence-electron chi connectivity index (χ4n) is 4.22. The van der Waals surface area contributed by atoms with Crippen LogP contribution in [0.25, 0.3) is 11.2 Å². The van der Waals surface area contributed by atoms with E-state index in [1.807, 2.05) is 29.6 Å². The van der Waals surface area contributed by atoms with Gasteiger partial charge in [0.1, 0.15) is 5.52 Å². The van der Waals surface area contributed by atoms with E-state index >= 15 is 0 Å². The van der Waals surface area contributed by atoms with Crippen molar-refractivity contribution >= 4 is 17.2 Å². The Kier molecular flexibility index (Phi) is 4.85. The summed E-state index contributed by atoms with van der Waals surface area (Å²) in [4.78, 5) is 23.5. The van der Waals surface area contributed by atoms with Gasteiger partial charge in [0.15, 0.2) is 5.65 Å². The van der Waals surface area contributed by atoms with Crippen molar-refractivity contribution in [1.82, 2.24) is 24.8 Å². The fraction of sp³-hybridized carbons (Fsp3) is 0.632. The van der Waals surface area contributed by atoms with Crippen LogP contribution in [0.15, 0.2) is 24.7 Å². The SMILES string of the molecule is O=C(NC1CCCCC1)N1CCCC(Cn2cnc3cccnc32)C1. The normalized spacial score (nSPS) is 22.2. The summed E-state index contributed by atoms with van der Waals surface area (Å²) in [5.41, 5.74) is 1.87. The van der Waals surface area contributed by atoms with Gasteiger partial charge in [-0.05, 0) is 43.7 Å². The van der Waals surface area contributed by atoms with Crippen LogP contribution < -0.4 is 5.32 Å². The van der Waals surface area contributed by atoms with Crippen LogP contribution in [0, 0.1) is 5.92 Å². The van der Waals surface area contributed by atoms with Crippen molar-refractivity contribution in [3.63, 3.8) is 0 Å². The molecule has 0 aromatic carbocycles. The zero-order chi connectivity index (χ0) is 17.1. The molecule has 2 fully saturated rings. The minimum atomic E-state index is 0.130. The summed E-state index contributed by atoms with van der Waals surface area (Å²) in [5, 5.41) is 3.25. The standard InChI is InChI=1S/C19H27N5O/c25-19(22-16-7-2-1-3-8-16)23-11-5-6-15(12-23)13-24-14-21-17-9-4-10-20-18(17)24/h4,9-10,14-16H,1-3,5-8,11-13H2,(H,22,25). The van der Waals surface area contributed by atoms with E-state index in [9.17, 15) is 4.79 Å². The third-order valence-corrected chi connectivity index (χ3v) is 5.57. The molecule has 1 N–H and O–H groups in total. The van der Waals surface area contributed by atoms with E-state index < -0.39 is 0 Å². The van der Waals surface area contributed by atoms with E-state index in [0.717, 1.165) is 56.5 Å². The van der Waals surface area contributed by atoms with E-state index in [-0.39, 0.29) is 6.03 Å². The Morgan fingerprint density at radius 2 is 2.04 bits per heavy atom. The Labute approximate surface area is 148 Å². The molecule has 134 valence electrons. The van der Waals surface area contributed by atoms with E-state index in [1.165, 1.54) is 19.3 Å². The zero-order valence-corrected chi connectivity index (χ0v) is 14.7. The first kappa shape index (κ1) is 16.4. The first-order valence-corrected chi connectivity index (χ1v) is 9.61. The van der Waals surface area contributed by atoms with Gasteiger partial charge in [-0.25, -0.2) is 14.8 Å². The maximum absolute atomic E-state index is 12.6. The number of hydrogen-bond acceptors (Lipinski definition) is 3. The predicted molar refractivity (Wildman–Crippen MR) is 97.2 cm³/mol. The molecule has 0 bridgehead atoms. The largest absolute Gasteiger partial charge is 0.335 e. The first-order chi connectivity index (χ1) is 12.3. The smallest absolute Gasteiger partial charge is 0.317 e. The van der Waals surface area contributed by atoms with Crippen LogP contribution in [0.1, 0.15) is 44.9 Å². The topological polar surface area (TPSA) is 63.1 Å². The van der Waals surface area contributed by atoms with Gasteiger partial charge in [-0.2, -0.15) is 0 Å². The highest BCUT2D eigenvalue weighted by Gasteiger charge is 2.26. The number of carbonyl (C=O) groups excluding carboxylic acids is 1. The van der Waals surface area contributed by atoms with Gasteiger partial charge in [0.2, 0.25) is 0 Å². The molecule has 6 nitrogen and oxygen atoms in total. The number of urea groups is 1. The van der Waals surface area contributed by atoms with Gasteiger partial charge in [0.05, 0.1) is 6.33 Å². The molecule has 1 aliphatic carbocycles. The number of aromatic nitrogens is 3. The Morgan fingerprint density at radius 1 is 1.16 bits per heavy atom. The average Bonchev–Trinajstić information content (AvgIpc) is 3.06. The highest BCUT2D eigenvalue weighted by atomic mass is 16.2. The van der Waals surface area contributed by atoms with Crippen LogP contribution in [0.3, 0.4) is 0 Å². The maximum Gasteiger partial charge on any atom is 0.317 e. The van der Waals surface area contributed by atoms with Crippen molar-refractivity contribution in [2.75, 3.05) is 13.1 Å². The molecule has 25 heavy (non-hydrogen) atoms. The number of nitrogens with one attached hydrogen (secondary N) is 1. The number of piperidine rings is 1. The minimum absolute atomic E-state index is 0.130. The zero-order valence-electron chi connectivity index (χ0n) is 14.7. The van der Waals surface area contributed by atoms with Gasteiger partial charge < -0.3 is 14.8 Å². The van der Waals surface area contributed by atoms with E-state index in [0.29, 0.717) is 12.0 Å². The summed E-state index contributed by atoms with van der Waals surface area (Å²) in [6, 6.07) is 4.41. The van der Waals surface area contributed by atoms with Crippen LogP contribution in [-0.2, 0) is 6.54 Å². The molecule has 2 amide bonds. The lowest BCUT2D eigenvalue weighted by atomic mass is 9.95. The highest BCUT2D eigenvalue weighted by Crippen LogP contribution is 2.22. The Hall–Kier alpha value is -2.11. The van der Waals surface area contributed by atoms with Crippen molar-refractivity contribution in [2.45, 2.75) is 57.5 Å². The third kappa shape index (κ3) is 3.78. The Bertz CT molecular complexity index is 721. The number of rotatable bonds is 3. The molecule has 1 saturated carbocycles. The summed E-state index contributed by atoms with van der Waals surface area (Å²) in [7, 11) is 0. The molecular formula is C19H27N5O. The summed E-state index contributed by atoms with van der Waals surface area (Å²) < 4.78 is 2.13. The number of imidazole rings is 1. The van der Waals surface area contributed by atoms with E-state index in [4.69, 9.17) is 0 Å². The molecule has 4 rings (SSSR count). The molecule has 0 spiro atoms. The van der Waals surface area contributed by atoms with Crippen molar-refractivity contribution in [3.8, 4) is 0 Å². The summed E-state index contributed by atoms with van der Waals surface area (Å²) >= 11 is 0. The van der Waals surface area contributed by atoms with Crippen LogP contribution in [0.2, 0.25) is 0 Å². The van der Waals surface area contributed by atoms with Crippen LogP contribution in [-0.4, -0.2) is 44.6 Å². The van der Waals surface area contributed by atoms with E-state index in [1.54, 1.807) is 0 Å². The number of fused-ring (bicyclic) bond motifs is 1. The number of pyridine rings is 1. The van der Waals surface area contributed by atoms with Gasteiger partial charge in [-0.3, -0.25) is 0 Å². The fourth-order valence-corrected chi connectivity index (χ4v) is 4.22. The van der Waals surface area contributed by atoms with Crippen molar-refractivity contribution < 1.29 is 4.79 Å². The number of likely N-dealkylation sites (tertiary alicyclic amines) is 1. The number of hydrogen-bond donors (Lipinski definition) is 1. The summed E-state index contributed by atoms with van der Waals surface area (Å²) in [6.07, 6.45) is 12.0. The van der Waals surface area contributed by atoms with E-state index in [2.05, 4.69) is 19.9 Å². The quantitative estimate of drug-likeness (QED) is 0.932. The van der Waals surface area contributed by atoms with Crippen molar-refractivity contribution in [2.24, 2.45) is 5.92 Å². The van der Waals surface area contributed by atoms with Crippen molar-refractivity contribution in [3.05, 3.63) is 24.7 Å². The van der Waals surface area contributed by atoms with Crippen molar-refractivity contribution in [1.29, 1.82) is 0 Å². The molecule has 2 aromatic heterocycles. The second kappa shape index (κ2) is 7.42. The lowest BCUT2D eigenvalue weighted by Crippen LogP contribution is -2.49. The summed E-state index contributed by atoms with van der Waals surface area (Å²) in [5.74, 6) is 0.463. The van der Waals surface area contributed by atoms with Crippen LogP contribution >= 0.6 is 0 Å². The molecule has 1 saturated heterocycles. The molecule has 1 aliphatic heterocycles. The van der Waals surface area contributed by atoms with Gasteiger partial charge >= 0.3 is 6.03 Å². The number of carbonyl (C=O) groups is 1. The lowest BCUT2D eigenvalue weighted by Gasteiger charge is -2.34. The predicted octanol–water partition coefficient (Wildman–Crippen LogP) is 3.19. The van der Waals surface area contributed by atoms with Gasteiger partial charge in [0.25, 0.3) is 0 Å². The monoisotopic (exact) mass is 341 g/mol. The van der Waals surface area contributed by atoms with Gasteiger partial charge in [-0.15, -0.1) is 0 Å². The molecule has 2 aromatic rings. The summed E-state index contributed by atoms with van der Waals surface area (Å²) in [6.45, 7) is 2.57. The Morgan fingerprint density at radius 3 is 2.92 bits per heavy atom. The molecule has 1 unspecified atom stereocenters. The second-order valence-corrected chi connectivity index (χ2v) is 7.48. The molecular weight excluding hydrogens is 314 g/mol. The average molecular weight is 341 g/mol. The highest BCUT2D eigenvalue weighted by molar-refractivity contribution is 5.74. The molecule has 1 atom stereocenters. The molecule has 3 heterocycles. The minimum Gasteiger partial charge on any atom is -0.335 e. The Balaban J connectivity index is 1.36. The third-order valence-electron chi connectivity index (χ3n) is 5.57.